The van der Waals surface area contributed by atoms with E-state index in [0.717, 1.165) is 13.0 Å². The number of hydrogen-bond acceptors (Lipinski definition) is 1. The van der Waals surface area contributed by atoms with Crippen LogP contribution in [0.2, 0.25) is 0 Å². The maximum absolute atomic E-state index is 4.55. The van der Waals surface area contributed by atoms with Crippen LogP contribution in [0, 0.1) is 0 Å². The van der Waals surface area contributed by atoms with Gasteiger partial charge < -0.3 is 4.57 Å². The lowest BCUT2D eigenvalue weighted by Gasteiger charge is -2.13. The SMILES string of the molecule is c1ccc(CCCn2cnc3c2CCCC3)cc1. The van der Waals surface area contributed by atoms with Crippen molar-refractivity contribution in [2.75, 3.05) is 0 Å². The molecule has 94 valence electrons. The van der Waals surface area contributed by atoms with Gasteiger partial charge in [-0.25, -0.2) is 4.98 Å². The van der Waals surface area contributed by atoms with E-state index in [2.05, 4.69) is 39.9 Å². The molecule has 1 heterocycles. The fourth-order valence-electron chi connectivity index (χ4n) is 2.82. The summed E-state index contributed by atoms with van der Waals surface area (Å²) >= 11 is 0. The summed E-state index contributed by atoms with van der Waals surface area (Å²) < 4.78 is 2.37. The van der Waals surface area contributed by atoms with Crippen LogP contribution in [0.5, 0.6) is 0 Å². The number of aromatic nitrogens is 2. The van der Waals surface area contributed by atoms with E-state index in [1.165, 1.54) is 49.1 Å². The first-order valence-electron chi connectivity index (χ1n) is 7.00. The van der Waals surface area contributed by atoms with E-state index >= 15 is 0 Å². The van der Waals surface area contributed by atoms with Crippen molar-refractivity contribution in [3.8, 4) is 0 Å². The molecule has 2 heteroatoms. The van der Waals surface area contributed by atoms with Crippen LogP contribution in [0.3, 0.4) is 0 Å². The smallest absolute Gasteiger partial charge is 0.0951 e. The van der Waals surface area contributed by atoms with Gasteiger partial charge in [0.25, 0.3) is 0 Å². The highest BCUT2D eigenvalue weighted by Gasteiger charge is 2.14. The summed E-state index contributed by atoms with van der Waals surface area (Å²) in [6.07, 6.45) is 9.45. The van der Waals surface area contributed by atoms with Crippen molar-refractivity contribution in [1.29, 1.82) is 0 Å². The fourth-order valence-corrected chi connectivity index (χ4v) is 2.82. The summed E-state index contributed by atoms with van der Waals surface area (Å²) in [5.41, 5.74) is 4.28. The average molecular weight is 240 g/mol. The van der Waals surface area contributed by atoms with E-state index in [9.17, 15) is 0 Å². The molecule has 1 aliphatic carbocycles. The lowest BCUT2D eigenvalue weighted by atomic mass is 10.0. The molecule has 0 unspecified atom stereocenters. The topological polar surface area (TPSA) is 17.8 Å². The predicted molar refractivity (Wildman–Crippen MR) is 73.6 cm³/mol. The van der Waals surface area contributed by atoms with Crippen LogP contribution in [0.4, 0.5) is 0 Å². The highest BCUT2D eigenvalue weighted by Crippen LogP contribution is 2.20. The van der Waals surface area contributed by atoms with Gasteiger partial charge in [-0.15, -0.1) is 0 Å². The molecule has 0 saturated carbocycles. The van der Waals surface area contributed by atoms with Crippen molar-refractivity contribution < 1.29 is 0 Å². The second-order valence-corrected chi connectivity index (χ2v) is 5.13. The monoisotopic (exact) mass is 240 g/mol. The maximum atomic E-state index is 4.55. The quantitative estimate of drug-likeness (QED) is 0.801. The van der Waals surface area contributed by atoms with Gasteiger partial charge in [0.05, 0.1) is 12.0 Å². The highest BCUT2D eigenvalue weighted by atomic mass is 15.1. The minimum atomic E-state index is 1.11. The van der Waals surface area contributed by atoms with E-state index in [4.69, 9.17) is 0 Å². The molecule has 2 nitrogen and oxygen atoms in total. The minimum Gasteiger partial charge on any atom is -0.334 e. The Morgan fingerprint density at radius 3 is 2.78 bits per heavy atom. The van der Waals surface area contributed by atoms with Crippen molar-refractivity contribution in [1.82, 2.24) is 9.55 Å². The number of hydrogen-bond donors (Lipinski definition) is 0. The third-order valence-corrected chi connectivity index (χ3v) is 3.82. The van der Waals surface area contributed by atoms with Gasteiger partial charge in [0, 0.05) is 12.2 Å². The zero-order valence-corrected chi connectivity index (χ0v) is 10.8. The Morgan fingerprint density at radius 2 is 1.89 bits per heavy atom. The zero-order valence-electron chi connectivity index (χ0n) is 10.8. The number of benzene rings is 1. The predicted octanol–water partition coefficient (Wildman–Crippen LogP) is 3.39. The average Bonchev–Trinajstić information content (AvgIpc) is 2.84. The molecular formula is C16H20N2. The molecule has 1 aromatic heterocycles. The molecule has 0 aliphatic heterocycles. The second-order valence-electron chi connectivity index (χ2n) is 5.13. The molecule has 2 aromatic rings. The lowest BCUT2D eigenvalue weighted by Crippen LogP contribution is -2.08. The molecule has 0 bridgehead atoms. The Kier molecular flexibility index (Phi) is 3.44. The van der Waals surface area contributed by atoms with Crippen molar-refractivity contribution in [3.63, 3.8) is 0 Å². The molecule has 0 spiro atoms. The highest BCUT2D eigenvalue weighted by molar-refractivity contribution is 5.17. The van der Waals surface area contributed by atoms with Crippen LogP contribution in [-0.2, 0) is 25.8 Å². The second kappa shape index (κ2) is 5.38. The lowest BCUT2D eigenvalue weighted by molar-refractivity contribution is 0.581. The molecule has 0 N–H and O–H groups in total. The van der Waals surface area contributed by atoms with Crippen LogP contribution in [0.25, 0.3) is 0 Å². The molecule has 1 aromatic carbocycles. The van der Waals surface area contributed by atoms with Gasteiger partial charge in [0.1, 0.15) is 0 Å². The van der Waals surface area contributed by atoms with Crippen LogP contribution in [0.1, 0.15) is 36.2 Å². The number of rotatable bonds is 4. The normalized spacial score (nSPS) is 14.4. The van der Waals surface area contributed by atoms with Crippen molar-refractivity contribution in [2.24, 2.45) is 0 Å². The number of aryl methyl sites for hydroxylation is 3. The van der Waals surface area contributed by atoms with E-state index < -0.39 is 0 Å². The fraction of sp³-hybridized carbons (Fsp3) is 0.438. The molecule has 0 amide bonds. The Morgan fingerprint density at radius 1 is 1.06 bits per heavy atom. The molecule has 3 rings (SSSR count). The first-order chi connectivity index (χ1) is 8.93. The first-order valence-corrected chi connectivity index (χ1v) is 7.00. The van der Waals surface area contributed by atoms with Crippen molar-refractivity contribution in [2.45, 2.75) is 45.1 Å². The Labute approximate surface area is 109 Å². The van der Waals surface area contributed by atoms with Gasteiger partial charge in [-0.2, -0.15) is 0 Å². The Bertz CT molecular complexity index is 499. The van der Waals surface area contributed by atoms with Crippen LogP contribution >= 0.6 is 0 Å². The van der Waals surface area contributed by atoms with Crippen molar-refractivity contribution >= 4 is 0 Å². The summed E-state index contributed by atoms with van der Waals surface area (Å²) in [4.78, 5) is 4.55. The van der Waals surface area contributed by atoms with E-state index in [1.54, 1.807) is 0 Å². The van der Waals surface area contributed by atoms with Crippen molar-refractivity contribution in [3.05, 3.63) is 53.6 Å². The molecular weight excluding hydrogens is 220 g/mol. The standard InChI is InChI=1S/C16H20N2/c1-2-7-14(8-3-1)9-6-12-18-13-17-15-10-4-5-11-16(15)18/h1-3,7-8,13H,4-6,9-12H2. The van der Waals surface area contributed by atoms with Gasteiger partial charge >= 0.3 is 0 Å². The first kappa shape index (κ1) is 11.5. The van der Waals surface area contributed by atoms with Gasteiger partial charge in [-0.05, 0) is 44.1 Å². The number of fused-ring (bicyclic) bond motifs is 1. The summed E-state index contributed by atoms with van der Waals surface area (Å²) in [6, 6.07) is 10.7. The third-order valence-electron chi connectivity index (χ3n) is 3.82. The van der Waals surface area contributed by atoms with E-state index in [0.29, 0.717) is 0 Å². The number of nitrogens with zero attached hydrogens (tertiary/aromatic N) is 2. The van der Waals surface area contributed by atoms with Gasteiger partial charge in [0.2, 0.25) is 0 Å². The molecule has 0 atom stereocenters. The molecule has 0 radical (unpaired) electrons. The van der Waals surface area contributed by atoms with E-state index in [1.807, 2.05) is 6.33 Å². The van der Waals surface area contributed by atoms with Crippen LogP contribution in [0.15, 0.2) is 36.7 Å². The molecule has 0 fully saturated rings. The minimum absolute atomic E-state index is 1.11. The van der Waals surface area contributed by atoms with Crippen LogP contribution in [-0.4, -0.2) is 9.55 Å². The summed E-state index contributed by atoms with van der Waals surface area (Å²) in [7, 11) is 0. The van der Waals surface area contributed by atoms with Gasteiger partial charge in [-0.3, -0.25) is 0 Å². The Hall–Kier alpha value is -1.57. The number of imidazole rings is 1. The van der Waals surface area contributed by atoms with Gasteiger partial charge in [-0.1, -0.05) is 30.3 Å². The summed E-state index contributed by atoms with van der Waals surface area (Å²) in [6.45, 7) is 1.11. The Balaban J connectivity index is 1.59. The van der Waals surface area contributed by atoms with Gasteiger partial charge in [0.15, 0.2) is 0 Å². The zero-order chi connectivity index (χ0) is 12.2. The maximum Gasteiger partial charge on any atom is 0.0951 e. The third kappa shape index (κ3) is 2.47. The largest absolute Gasteiger partial charge is 0.334 e. The van der Waals surface area contributed by atoms with E-state index in [-0.39, 0.29) is 0 Å². The summed E-state index contributed by atoms with van der Waals surface area (Å²) in [5, 5.41) is 0. The molecule has 1 aliphatic rings. The summed E-state index contributed by atoms with van der Waals surface area (Å²) in [5.74, 6) is 0. The molecule has 18 heavy (non-hydrogen) atoms. The van der Waals surface area contributed by atoms with Crippen LogP contribution < -0.4 is 0 Å². The molecule has 0 saturated heterocycles.